The van der Waals surface area contributed by atoms with E-state index in [2.05, 4.69) is 5.32 Å². The Balaban J connectivity index is 1.73. The van der Waals surface area contributed by atoms with Gasteiger partial charge in [-0.05, 0) is 54.1 Å². The van der Waals surface area contributed by atoms with Crippen molar-refractivity contribution in [3.8, 4) is 0 Å². The number of para-hydroxylation sites is 1. The van der Waals surface area contributed by atoms with E-state index in [4.69, 9.17) is 0 Å². The van der Waals surface area contributed by atoms with Gasteiger partial charge in [0.05, 0.1) is 12.1 Å². The standard InChI is InChI=1S/C23H20FN3O3S/c1-14-4-3-5-15(2)20(14)25-19(28)13-26-18-10-11-31-21(18)22(29)27(23(26)30)12-16-6-8-17(24)9-7-16/h3-11H,12-13H2,1-2H3,(H,25,28). The number of rotatable bonds is 5. The number of anilines is 1. The Morgan fingerprint density at radius 1 is 1.00 bits per heavy atom. The highest BCUT2D eigenvalue weighted by Gasteiger charge is 2.17. The predicted octanol–water partition coefficient (Wildman–Crippen LogP) is 3.67. The Labute approximate surface area is 181 Å². The van der Waals surface area contributed by atoms with Gasteiger partial charge in [-0.2, -0.15) is 0 Å². The van der Waals surface area contributed by atoms with Crippen LogP contribution < -0.4 is 16.6 Å². The van der Waals surface area contributed by atoms with E-state index in [1.807, 2.05) is 32.0 Å². The average Bonchev–Trinajstić information content (AvgIpc) is 3.23. The quantitative estimate of drug-likeness (QED) is 0.518. The molecule has 4 aromatic rings. The Bertz CT molecular complexity index is 1380. The number of aryl methyl sites for hydroxylation is 2. The lowest BCUT2D eigenvalue weighted by Gasteiger charge is -2.14. The van der Waals surface area contributed by atoms with E-state index in [9.17, 15) is 18.8 Å². The molecular formula is C23H20FN3O3S. The van der Waals surface area contributed by atoms with Gasteiger partial charge in [-0.1, -0.05) is 30.3 Å². The molecule has 1 amide bonds. The zero-order chi connectivity index (χ0) is 22.1. The summed E-state index contributed by atoms with van der Waals surface area (Å²) in [6, 6.07) is 13.0. The summed E-state index contributed by atoms with van der Waals surface area (Å²) in [4.78, 5) is 38.9. The fourth-order valence-electron chi connectivity index (χ4n) is 3.53. The van der Waals surface area contributed by atoms with E-state index < -0.39 is 17.1 Å². The van der Waals surface area contributed by atoms with Crippen LogP contribution >= 0.6 is 11.3 Å². The molecule has 31 heavy (non-hydrogen) atoms. The molecule has 0 radical (unpaired) electrons. The normalized spacial score (nSPS) is 11.1. The zero-order valence-electron chi connectivity index (χ0n) is 17.0. The van der Waals surface area contributed by atoms with Crippen molar-refractivity contribution in [2.75, 3.05) is 5.32 Å². The van der Waals surface area contributed by atoms with Crippen LogP contribution in [-0.2, 0) is 17.9 Å². The number of hydrogen-bond donors (Lipinski definition) is 1. The Kier molecular flexibility index (Phi) is 5.56. The molecule has 0 saturated carbocycles. The van der Waals surface area contributed by atoms with E-state index in [0.717, 1.165) is 15.7 Å². The number of carbonyl (C=O) groups excluding carboxylic acids is 1. The largest absolute Gasteiger partial charge is 0.332 e. The molecule has 2 aromatic heterocycles. The second-order valence-electron chi connectivity index (χ2n) is 7.34. The van der Waals surface area contributed by atoms with Crippen molar-refractivity contribution in [2.24, 2.45) is 0 Å². The van der Waals surface area contributed by atoms with Crippen LogP contribution in [0.2, 0.25) is 0 Å². The monoisotopic (exact) mass is 437 g/mol. The minimum Gasteiger partial charge on any atom is -0.324 e. The second-order valence-corrected chi connectivity index (χ2v) is 8.25. The summed E-state index contributed by atoms with van der Waals surface area (Å²) in [6.45, 7) is 3.55. The molecule has 0 bridgehead atoms. The van der Waals surface area contributed by atoms with Gasteiger partial charge in [0.2, 0.25) is 5.91 Å². The highest BCUT2D eigenvalue weighted by Crippen LogP contribution is 2.20. The zero-order valence-corrected chi connectivity index (χ0v) is 17.8. The van der Waals surface area contributed by atoms with Crippen LogP contribution in [0.3, 0.4) is 0 Å². The predicted molar refractivity (Wildman–Crippen MR) is 120 cm³/mol. The molecule has 0 spiro atoms. The first-order chi connectivity index (χ1) is 14.8. The summed E-state index contributed by atoms with van der Waals surface area (Å²) in [5.74, 6) is -0.760. The third-order valence-electron chi connectivity index (χ3n) is 5.14. The molecule has 4 rings (SSSR count). The number of thiophene rings is 1. The van der Waals surface area contributed by atoms with Crippen molar-refractivity contribution in [1.82, 2.24) is 9.13 Å². The van der Waals surface area contributed by atoms with Gasteiger partial charge in [0.25, 0.3) is 5.56 Å². The van der Waals surface area contributed by atoms with Gasteiger partial charge in [0, 0.05) is 5.69 Å². The first-order valence-corrected chi connectivity index (χ1v) is 10.5. The highest BCUT2D eigenvalue weighted by atomic mass is 32.1. The average molecular weight is 437 g/mol. The molecule has 0 aliphatic heterocycles. The van der Waals surface area contributed by atoms with E-state index >= 15 is 0 Å². The molecule has 0 unspecified atom stereocenters. The Hall–Kier alpha value is -3.52. The molecule has 0 fully saturated rings. The topological polar surface area (TPSA) is 73.1 Å². The van der Waals surface area contributed by atoms with Crippen LogP contribution in [0.4, 0.5) is 10.1 Å². The van der Waals surface area contributed by atoms with Crippen molar-refractivity contribution in [3.05, 3.63) is 97.3 Å². The van der Waals surface area contributed by atoms with Gasteiger partial charge in [0.1, 0.15) is 17.1 Å². The molecule has 2 heterocycles. The molecule has 6 nitrogen and oxygen atoms in total. The third kappa shape index (κ3) is 4.06. The maximum atomic E-state index is 13.2. The number of benzene rings is 2. The van der Waals surface area contributed by atoms with E-state index in [-0.39, 0.29) is 19.0 Å². The molecule has 8 heteroatoms. The lowest BCUT2D eigenvalue weighted by Crippen LogP contribution is -2.41. The summed E-state index contributed by atoms with van der Waals surface area (Å²) < 4.78 is 16.0. The van der Waals surface area contributed by atoms with Gasteiger partial charge in [-0.25, -0.2) is 9.18 Å². The van der Waals surface area contributed by atoms with Gasteiger partial charge >= 0.3 is 5.69 Å². The smallest absolute Gasteiger partial charge is 0.324 e. The maximum absolute atomic E-state index is 13.2. The first kappa shape index (κ1) is 20.7. The maximum Gasteiger partial charge on any atom is 0.332 e. The number of halogens is 1. The Morgan fingerprint density at radius 2 is 1.68 bits per heavy atom. The van der Waals surface area contributed by atoms with Gasteiger partial charge < -0.3 is 5.32 Å². The second kappa shape index (κ2) is 8.31. The van der Waals surface area contributed by atoms with Crippen LogP contribution in [0.1, 0.15) is 16.7 Å². The van der Waals surface area contributed by atoms with Crippen LogP contribution in [-0.4, -0.2) is 15.0 Å². The molecular weight excluding hydrogens is 417 g/mol. The molecule has 0 saturated heterocycles. The van der Waals surface area contributed by atoms with E-state index in [0.29, 0.717) is 21.5 Å². The van der Waals surface area contributed by atoms with Crippen LogP contribution in [0.15, 0.2) is 63.5 Å². The number of aromatic nitrogens is 2. The highest BCUT2D eigenvalue weighted by molar-refractivity contribution is 7.17. The molecule has 0 aliphatic carbocycles. The lowest BCUT2D eigenvalue weighted by molar-refractivity contribution is -0.116. The molecule has 0 atom stereocenters. The number of nitrogens with zero attached hydrogens (tertiary/aromatic N) is 2. The van der Waals surface area contributed by atoms with Crippen molar-refractivity contribution >= 4 is 33.1 Å². The lowest BCUT2D eigenvalue weighted by atomic mass is 10.1. The molecule has 0 aliphatic rings. The third-order valence-corrected chi connectivity index (χ3v) is 6.03. The number of hydrogen-bond acceptors (Lipinski definition) is 4. The van der Waals surface area contributed by atoms with Crippen molar-refractivity contribution < 1.29 is 9.18 Å². The summed E-state index contributed by atoms with van der Waals surface area (Å²) in [6.07, 6.45) is 0. The minimum absolute atomic E-state index is 0.00962. The van der Waals surface area contributed by atoms with E-state index in [1.165, 1.54) is 40.2 Å². The van der Waals surface area contributed by atoms with Crippen LogP contribution in [0.5, 0.6) is 0 Å². The van der Waals surface area contributed by atoms with Crippen LogP contribution in [0, 0.1) is 19.7 Å². The number of amides is 1. The summed E-state index contributed by atoms with van der Waals surface area (Å²) in [7, 11) is 0. The number of fused-ring (bicyclic) bond motifs is 1. The van der Waals surface area contributed by atoms with Crippen molar-refractivity contribution in [1.29, 1.82) is 0 Å². The Morgan fingerprint density at radius 3 is 2.35 bits per heavy atom. The molecule has 158 valence electrons. The minimum atomic E-state index is -0.586. The number of carbonyl (C=O) groups is 1. The van der Waals surface area contributed by atoms with Crippen molar-refractivity contribution in [2.45, 2.75) is 26.9 Å². The van der Waals surface area contributed by atoms with Gasteiger partial charge in [-0.15, -0.1) is 11.3 Å². The SMILES string of the molecule is Cc1cccc(C)c1NC(=O)Cn1c(=O)n(Cc2ccc(F)cc2)c(=O)c2sccc21. The summed E-state index contributed by atoms with van der Waals surface area (Å²) >= 11 is 1.22. The number of nitrogens with one attached hydrogen (secondary N) is 1. The van der Waals surface area contributed by atoms with Gasteiger partial charge in [0.15, 0.2) is 0 Å². The fraction of sp³-hybridized carbons (Fsp3) is 0.174. The van der Waals surface area contributed by atoms with E-state index in [1.54, 1.807) is 11.4 Å². The fourth-order valence-corrected chi connectivity index (χ4v) is 4.38. The van der Waals surface area contributed by atoms with Crippen LogP contribution in [0.25, 0.3) is 10.2 Å². The summed E-state index contributed by atoms with van der Waals surface area (Å²) in [5.41, 5.74) is 2.57. The first-order valence-electron chi connectivity index (χ1n) is 9.66. The van der Waals surface area contributed by atoms with Crippen molar-refractivity contribution in [3.63, 3.8) is 0 Å². The molecule has 2 aromatic carbocycles. The van der Waals surface area contributed by atoms with Gasteiger partial charge in [-0.3, -0.25) is 18.7 Å². The summed E-state index contributed by atoms with van der Waals surface area (Å²) in [5, 5.41) is 4.59. The molecule has 1 N–H and O–H groups in total.